The Bertz CT molecular complexity index is 389. The zero-order valence-corrected chi connectivity index (χ0v) is 12.1. The predicted molar refractivity (Wildman–Crippen MR) is 70.4 cm³/mol. The number of carbonyl (C=O) groups excluding carboxylic acids is 1. The van der Waals surface area contributed by atoms with Gasteiger partial charge in [-0.05, 0) is 13.8 Å². The Balaban J connectivity index is 2.48. The molecule has 3 N–H and O–H groups in total. The molecule has 1 aliphatic heterocycles. The molecule has 1 heterocycles. The molecule has 0 aromatic carbocycles. The molecule has 1 rings (SSSR count). The van der Waals surface area contributed by atoms with E-state index in [1.807, 2.05) is 0 Å². The van der Waals surface area contributed by atoms with Crippen LogP contribution in [0.4, 0.5) is 4.79 Å². The number of carboxylic acids is 1. The van der Waals surface area contributed by atoms with E-state index in [2.05, 4.69) is 10.6 Å². The molecule has 4 unspecified atom stereocenters. The van der Waals surface area contributed by atoms with E-state index in [0.717, 1.165) is 0 Å². The van der Waals surface area contributed by atoms with Crippen molar-refractivity contribution in [3.05, 3.63) is 0 Å². The Morgan fingerprint density at radius 3 is 2.74 bits per heavy atom. The number of rotatable bonds is 5. The van der Waals surface area contributed by atoms with Gasteiger partial charge < -0.3 is 20.5 Å². The summed E-state index contributed by atoms with van der Waals surface area (Å²) in [7, 11) is -1.01. The van der Waals surface area contributed by atoms with Crippen LogP contribution in [-0.2, 0) is 20.3 Å². The van der Waals surface area contributed by atoms with Crippen LogP contribution < -0.4 is 10.6 Å². The molecule has 1 fully saturated rings. The Kier molecular flexibility index (Phi) is 5.30. The van der Waals surface area contributed by atoms with Gasteiger partial charge in [-0.3, -0.25) is 9.00 Å². The third-order valence-corrected chi connectivity index (χ3v) is 4.67. The van der Waals surface area contributed by atoms with Gasteiger partial charge in [0.15, 0.2) is 0 Å². The van der Waals surface area contributed by atoms with Crippen LogP contribution in [0.15, 0.2) is 0 Å². The molecule has 0 spiro atoms. The average molecular weight is 292 g/mol. The van der Waals surface area contributed by atoms with Gasteiger partial charge in [0, 0.05) is 28.9 Å². The van der Waals surface area contributed by atoms with Crippen LogP contribution >= 0.6 is 0 Å². The number of urea groups is 1. The van der Waals surface area contributed by atoms with E-state index in [0.29, 0.717) is 0 Å². The zero-order chi connectivity index (χ0) is 14.6. The van der Waals surface area contributed by atoms with E-state index >= 15 is 0 Å². The summed E-state index contributed by atoms with van der Waals surface area (Å²) in [4.78, 5) is 22.8. The molecule has 7 nitrogen and oxygen atoms in total. The maximum absolute atomic E-state index is 11.7. The Labute approximate surface area is 114 Å². The third kappa shape index (κ3) is 3.90. The number of ether oxygens (including phenoxy) is 1. The van der Waals surface area contributed by atoms with E-state index in [4.69, 9.17) is 9.84 Å². The fourth-order valence-corrected chi connectivity index (χ4v) is 1.97. The lowest BCUT2D eigenvalue weighted by Crippen LogP contribution is -2.53. The molecular formula is C11H20N2O5S. The SMILES string of the molecule is CC(CNC(=O)NC1COCC1(C)C(=O)O)S(C)=O. The first-order valence-electron chi connectivity index (χ1n) is 5.95. The second-order valence-corrected chi connectivity index (χ2v) is 6.76. The summed E-state index contributed by atoms with van der Waals surface area (Å²) >= 11 is 0. The molecular weight excluding hydrogens is 272 g/mol. The summed E-state index contributed by atoms with van der Waals surface area (Å²) in [5.41, 5.74) is -1.11. The van der Waals surface area contributed by atoms with Crippen molar-refractivity contribution in [2.75, 3.05) is 26.0 Å². The first kappa shape index (κ1) is 15.9. The molecule has 1 aliphatic rings. The van der Waals surface area contributed by atoms with Gasteiger partial charge in [0.05, 0.1) is 19.3 Å². The summed E-state index contributed by atoms with van der Waals surface area (Å²) in [6.07, 6.45) is 1.57. The number of hydrogen-bond donors (Lipinski definition) is 3. The summed E-state index contributed by atoms with van der Waals surface area (Å²) in [5, 5.41) is 14.2. The van der Waals surface area contributed by atoms with Crippen LogP contribution in [0.5, 0.6) is 0 Å². The van der Waals surface area contributed by atoms with E-state index in [9.17, 15) is 13.8 Å². The number of hydrogen-bond acceptors (Lipinski definition) is 4. The largest absolute Gasteiger partial charge is 0.481 e. The van der Waals surface area contributed by atoms with Crippen LogP contribution in [0.1, 0.15) is 13.8 Å². The number of nitrogens with one attached hydrogen (secondary N) is 2. The molecule has 0 bridgehead atoms. The number of aliphatic carboxylic acids is 1. The fraction of sp³-hybridized carbons (Fsp3) is 0.818. The van der Waals surface area contributed by atoms with Crippen LogP contribution in [0.25, 0.3) is 0 Å². The van der Waals surface area contributed by atoms with Crippen molar-refractivity contribution in [1.29, 1.82) is 0 Å². The minimum atomic E-state index is -1.11. The number of amides is 2. The van der Waals surface area contributed by atoms with Gasteiger partial charge in [0.25, 0.3) is 0 Å². The Hall–Kier alpha value is -1.15. The zero-order valence-electron chi connectivity index (χ0n) is 11.3. The molecule has 110 valence electrons. The highest BCUT2D eigenvalue weighted by atomic mass is 32.2. The molecule has 19 heavy (non-hydrogen) atoms. The second kappa shape index (κ2) is 6.33. The standard InChI is InChI=1S/C11H20N2O5S/c1-7(19(3)17)4-12-10(16)13-8-5-18-6-11(8,2)9(14)15/h7-8H,4-6H2,1-3H3,(H,14,15)(H2,12,13,16). The fourth-order valence-electron chi connectivity index (χ4n) is 1.65. The summed E-state index contributed by atoms with van der Waals surface area (Å²) in [6, 6.07) is -1.05. The lowest BCUT2D eigenvalue weighted by atomic mass is 9.85. The number of carbonyl (C=O) groups is 2. The van der Waals surface area contributed by atoms with Gasteiger partial charge in [-0.1, -0.05) is 0 Å². The maximum atomic E-state index is 11.7. The lowest BCUT2D eigenvalue weighted by Gasteiger charge is -2.25. The Morgan fingerprint density at radius 2 is 2.21 bits per heavy atom. The summed E-state index contributed by atoms with van der Waals surface area (Å²) in [5.74, 6) is -1.00. The minimum absolute atomic E-state index is 0.0721. The summed E-state index contributed by atoms with van der Waals surface area (Å²) < 4.78 is 16.3. The molecule has 0 aromatic rings. The average Bonchev–Trinajstić information content (AvgIpc) is 2.69. The second-order valence-electron chi connectivity index (χ2n) is 4.95. The van der Waals surface area contributed by atoms with Crippen LogP contribution in [0.3, 0.4) is 0 Å². The van der Waals surface area contributed by atoms with Crippen molar-refractivity contribution in [2.24, 2.45) is 5.41 Å². The molecule has 0 saturated carbocycles. The smallest absolute Gasteiger partial charge is 0.315 e. The van der Waals surface area contributed by atoms with Crippen molar-refractivity contribution < 1.29 is 23.6 Å². The molecule has 1 saturated heterocycles. The van der Waals surface area contributed by atoms with Gasteiger partial charge in [0.2, 0.25) is 0 Å². The quantitative estimate of drug-likeness (QED) is 0.636. The van der Waals surface area contributed by atoms with Crippen molar-refractivity contribution in [1.82, 2.24) is 10.6 Å². The van der Waals surface area contributed by atoms with E-state index < -0.39 is 34.3 Å². The van der Waals surface area contributed by atoms with Gasteiger partial charge in [0.1, 0.15) is 5.41 Å². The monoisotopic (exact) mass is 292 g/mol. The summed E-state index contributed by atoms with van der Waals surface area (Å²) in [6.45, 7) is 3.81. The normalized spacial score (nSPS) is 29.5. The van der Waals surface area contributed by atoms with Crippen molar-refractivity contribution >= 4 is 22.8 Å². The minimum Gasteiger partial charge on any atom is -0.481 e. The van der Waals surface area contributed by atoms with Crippen LogP contribution in [0, 0.1) is 5.41 Å². The van der Waals surface area contributed by atoms with Crippen molar-refractivity contribution in [2.45, 2.75) is 25.1 Å². The highest BCUT2D eigenvalue weighted by molar-refractivity contribution is 7.84. The van der Waals surface area contributed by atoms with Crippen molar-refractivity contribution in [3.8, 4) is 0 Å². The first-order valence-corrected chi connectivity index (χ1v) is 7.57. The molecule has 0 aromatic heterocycles. The van der Waals surface area contributed by atoms with E-state index in [1.54, 1.807) is 13.2 Å². The third-order valence-electron chi connectivity index (χ3n) is 3.37. The van der Waals surface area contributed by atoms with E-state index in [1.165, 1.54) is 6.92 Å². The Morgan fingerprint density at radius 1 is 1.58 bits per heavy atom. The van der Waals surface area contributed by atoms with Gasteiger partial charge in [-0.15, -0.1) is 0 Å². The molecule has 8 heteroatoms. The number of carboxylic acid groups (broad SMARTS) is 1. The highest BCUT2D eigenvalue weighted by Gasteiger charge is 2.47. The topological polar surface area (TPSA) is 105 Å². The van der Waals surface area contributed by atoms with Crippen molar-refractivity contribution in [3.63, 3.8) is 0 Å². The van der Waals surface area contributed by atoms with Gasteiger partial charge in [-0.25, -0.2) is 4.79 Å². The van der Waals surface area contributed by atoms with Crippen LogP contribution in [-0.4, -0.2) is 58.6 Å². The maximum Gasteiger partial charge on any atom is 0.315 e. The molecule has 4 atom stereocenters. The van der Waals surface area contributed by atoms with Crippen LogP contribution in [0.2, 0.25) is 0 Å². The molecule has 0 aliphatic carbocycles. The first-order chi connectivity index (χ1) is 8.77. The van der Waals surface area contributed by atoms with Gasteiger partial charge in [-0.2, -0.15) is 0 Å². The molecule has 2 amide bonds. The molecule has 0 radical (unpaired) electrons. The van der Waals surface area contributed by atoms with Gasteiger partial charge >= 0.3 is 12.0 Å². The predicted octanol–water partition coefficient (Wildman–Crippen LogP) is -0.458. The van der Waals surface area contributed by atoms with E-state index in [-0.39, 0.29) is 25.0 Å². The lowest BCUT2D eigenvalue weighted by molar-refractivity contribution is -0.148. The highest BCUT2D eigenvalue weighted by Crippen LogP contribution is 2.28.